The van der Waals surface area contributed by atoms with Crippen LogP contribution in [0.2, 0.25) is 0 Å². The van der Waals surface area contributed by atoms with E-state index in [2.05, 4.69) is 6.08 Å². The molecule has 0 spiro atoms. The summed E-state index contributed by atoms with van der Waals surface area (Å²) in [5, 5.41) is 27.5. The van der Waals surface area contributed by atoms with E-state index in [1.54, 1.807) is 0 Å². The Morgan fingerprint density at radius 1 is 1.58 bits per heavy atom. The van der Waals surface area contributed by atoms with Gasteiger partial charge in [-0.1, -0.05) is 0 Å². The average Bonchev–Trinajstić information content (AvgIpc) is 2.04. The van der Waals surface area contributed by atoms with Gasteiger partial charge in [0.1, 0.15) is 28.6 Å². The van der Waals surface area contributed by atoms with Crippen molar-refractivity contribution in [3.63, 3.8) is 0 Å². The first-order valence-corrected chi connectivity index (χ1v) is 3.13. The quantitative estimate of drug-likeness (QED) is 0.249. The lowest BCUT2D eigenvalue weighted by Gasteiger charge is -1.93. The molecule has 5 nitrogen and oxygen atoms in total. The van der Waals surface area contributed by atoms with Crippen molar-refractivity contribution < 1.29 is 15.0 Å². The smallest absolute Gasteiger partial charge is 0.422 e. The Labute approximate surface area is 68.6 Å². The zero-order valence-electron chi connectivity index (χ0n) is 5.97. The minimum Gasteiger partial charge on any atom is -0.422 e. The van der Waals surface area contributed by atoms with Crippen molar-refractivity contribution in [2.45, 2.75) is 0 Å². The predicted molar refractivity (Wildman–Crippen MR) is 41.2 cm³/mol. The molecule has 0 unspecified atom stereocenters. The summed E-state index contributed by atoms with van der Waals surface area (Å²) in [7, 11) is -1.68. The van der Waals surface area contributed by atoms with E-state index in [1.807, 2.05) is 0 Å². The Balaban J connectivity index is 2.91. The standard InChI is InChI=1S/C6H5BNO4/c9-7(10)5-2-1-3-6(4-5)8(11)12/h1-2,4,9-10H/q+1. The van der Waals surface area contributed by atoms with E-state index < -0.39 is 12.0 Å². The predicted octanol–water partition coefficient (Wildman–Crippen LogP) is -0.542. The first-order valence-electron chi connectivity index (χ1n) is 3.13. The van der Waals surface area contributed by atoms with Crippen LogP contribution in [0, 0.1) is 16.2 Å². The average molecular weight is 166 g/mol. The second-order valence-electron chi connectivity index (χ2n) is 2.14. The number of allylic oxidation sites excluding steroid dienone is 5. The van der Waals surface area contributed by atoms with Crippen LogP contribution in [0.5, 0.6) is 0 Å². The first-order chi connectivity index (χ1) is 5.61. The van der Waals surface area contributed by atoms with Gasteiger partial charge in [-0.15, -0.1) is 0 Å². The molecule has 0 amide bonds. The van der Waals surface area contributed by atoms with E-state index in [0.29, 0.717) is 0 Å². The highest BCUT2D eigenvalue weighted by Crippen LogP contribution is 2.10. The van der Waals surface area contributed by atoms with Crippen molar-refractivity contribution in [2.24, 2.45) is 0 Å². The Morgan fingerprint density at radius 2 is 2.25 bits per heavy atom. The second kappa shape index (κ2) is 3.27. The second-order valence-corrected chi connectivity index (χ2v) is 2.14. The minimum atomic E-state index is -1.68. The molecule has 0 heterocycles. The molecule has 60 valence electrons. The monoisotopic (exact) mass is 166 g/mol. The lowest BCUT2D eigenvalue weighted by Crippen LogP contribution is -2.16. The molecule has 0 saturated carbocycles. The third kappa shape index (κ3) is 1.76. The zero-order valence-corrected chi connectivity index (χ0v) is 5.97. The molecular weight excluding hydrogens is 161 g/mol. The summed E-state index contributed by atoms with van der Waals surface area (Å²) in [6.45, 7) is 0. The fourth-order valence-electron chi connectivity index (χ4n) is 0.737. The maximum absolute atomic E-state index is 10.2. The minimum absolute atomic E-state index is 0.0838. The summed E-state index contributed by atoms with van der Waals surface area (Å²) >= 11 is 0. The Bertz CT molecular complexity index is 292. The van der Waals surface area contributed by atoms with E-state index in [9.17, 15) is 10.1 Å². The van der Waals surface area contributed by atoms with Crippen LogP contribution in [-0.2, 0) is 0 Å². The molecule has 2 N–H and O–H groups in total. The topological polar surface area (TPSA) is 83.6 Å². The van der Waals surface area contributed by atoms with Crippen molar-refractivity contribution in [3.05, 3.63) is 45.6 Å². The Morgan fingerprint density at radius 3 is 2.75 bits per heavy atom. The first kappa shape index (κ1) is 8.61. The molecule has 0 fully saturated rings. The summed E-state index contributed by atoms with van der Waals surface area (Å²) in [6.07, 6.45) is 6.02. The van der Waals surface area contributed by atoms with Crippen molar-refractivity contribution in [3.8, 4) is 0 Å². The molecule has 0 atom stereocenters. The van der Waals surface area contributed by atoms with Crippen molar-refractivity contribution >= 4 is 7.12 Å². The molecule has 0 bridgehead atoms. The molecule has 0 aromatic carbocycles. The van der Waals surface area contributed by atoms with E-state index in [4.69, 9.17) is 10.0 Å². The molecule has 1 rings (SSSR count). The third-order valence-electron chi connectivity index (χ3n) is 1.31. The lowest BCUT2D eigenvalue weighted by molar-refractivity contribution is -0.419. The van der Waals surface area contributed by atoms with Crippen LogP contribution >= 0.6 is 0 Å². The van der Waals surface area contributed by atoms with Crippen LogP contribution in [0.4, 0.5) is 0 Å². The summed E-state index contributed by atoms with van der Waals surface area (Å²) in [5.74, 6) is 0. The Hall–Kier alpha value is -1.49. The largest absolute Gasteiger partial charge is 0.517 e. The van der Waals surface area contributed by atoms with Gasteiger partial charge >= 0.3 is 12.8 Å². The highest BCUT2D eigenvalue weighted by molar-refractivity contribution is 6.51. The molecule has 6 heteroatoms. The van der Waals surface area contributed by atoms with Gasteiger partial charge in [0, 0.05) is 6.08 Å². The van der Waals surface area contributed by atoms with Gasteiger partial charge in [-0.3, -0.25) is 10.1 Å². The van der Waals surface area contributed by atoms with Crippen LogP contribution in [0.15, 0.2) is 29.4 Å². The highest BCUT2D eigenvalue weighted by Gasteiger charge is 2.27. The van der Waals surface area contributed by atoms with Gasteiger partial charge in [-0.05, 0) is 0 Å². The fourth-order valence-corrected chi connectivity index (χ4v) is 0.737. The Kier molecular flexibility index (Phi) is 2.35. The van der Waals surface area contributed by atoms with Gasteiger partial charge < -0.3 is 10.0 Å². The van der Waals surface area contributed by atoms with Gasteiger partial charge in [0.25, 0.3) is 0 Å². The van der Waals surface area contributed by atoms with Crippen molar-refractivity contribution in [2.75, 3.05) is 0 Å². The maximum Gasteiger partial charge on any atom is 0.517 e. The van der Waals surface area contributed by atoms with Gasteiger partial charge in [-0.25, -0.2) is 0 Å². The summed E-state index contributed by atoms with van der Waals surface area (Å²) in [5.41, 5.74) is -0.193. The molecule has 1 aliphatic rings. The molecule has 0 aromatic rings. The van der Waals surface area contributed by atoms with E-state index in [0.717, 1.165) is 6.08 Å². The molecular formula is C6H5BNO4+. The number of rotatable bonds is 2. The van der Waals surface area contributed by atoms with Crippen LogP contribution in [-0.4, -0.2) is 22.1 Å². The fraction of sp³-hybridized carbons (Fsp3) is 0. The van der Waals surface area contributed by atoms with Crippen molar-refractivity contribution in [1.29, 1.82) is 0 Å². The number of hydrogen-bond acceptors (Lipinski definition) is 4. The number of hydrogen-bond donors (Lipinski definition) is 2. The van der Waals surface area contributed by atoms with Gasteiger partial charge in [0.15, 0.2) is 0 Å². The summed E-state index contributed by atoms with van der Waals surface area (Å²) < 4.78 is 0. The van der Waals surface area contributed by atoms with E-state index in [1.165, 1.54) is 12.2 Å². The van der Waals surface area contributed by atoms with E-state index >= 15 is 0 Å². The normalized spacial score (nSPS) is 14.5. The molecule has 12 heavy (non-hydrogen) atoms. The van der Waals surface area contributed by atoms with Crippen molar-refractivity contribution in [1.82, 2.24) is 0 Å². The van der Waals surface area contributed by atoms with Gasteiger partial charge in [0.05, 0.1) is 0 Å². The molecule has 0 saturated heterocycles. The van der Waals surface area contributed by atoms with Crippen LogP contribution in [0.3, 0.4) is 0 Å². The lowest BCUT2D eigenvalue weighted by atomic mass is 9.77. The highest BCUT2D eigenvalue weighted by atomic mass is 16.6. The van der Waals surface area contributed by atoms with Crippen LogP contribution < -0.4 is 0 Å². The van der Waals surface area contributed by atoms with Gasteiger partial charge in [0.2, 0.25) is 0 Å². The third-order valence-corrected chi connectivity index (χ3v) is 1.31. The maximum atomic E-state index is 10.2. The van der Waals surface area contributed by atoms with Crippen LogP contribution in [0.25, 0.3) is 0 Å². The SMILES string of the molecule is O=[N+]([O-])C1=[C+]C=CC(B(O)O)=C1. The molecule has 1 aliphatic carbocycles. The molecule has 0 aromatic heterocycles. The molecule has 0 aliphatic heterocycles. The zero-order chi connectivity index (χ0) is 9.14. The van der Waals surface area contributed by atoms with Gasteiger partial charge in [-0.2, -0.15) is 0 Å². The molecule has 0 radical (unpaired) electrons. The number of nitro groups is 1. The van der Waals surface area contributed by atoms with Crippen LogP contribution in [0.1, 0.15) is 0 Å². The summed E-state index contributed by atoms with van der Waals surface area (Å²) in [4.78, 5) is 9.54. The van der Waals surface area contributed by atoms with E-state index in [-0.39, 0.29) is 11.2 Å². The summed E-state index contributed by atoms with van der Waals surface area (Å²) in [6, 6.07) is 0. The number of nitrogens with zero attached hydrogens (tertiary/aromatic N) is 1.